The van der Waals surface area contributed by atoms with E-state index in [9.17, 15) is 19.2 Å². The summed E-state index contributed by atoms with van der Waals surface area (Å²) in [7, 11) is 0. The summed E-state index contributed by atoms with van der Waals surface area (Å²) in [5.74, 6) is -0.353. The number of H-pyrrole nitrogens is 1. The molecule has 32 heavy (non-hydrogen) atoms. The molecule has 3 rings (SSSR count). The van der Waals surface area contributed by atoms with E-state index in [-0.39, 0.29) is 48.4 Å². The molecule has 172 valence electrons. The molecule has 0 saturated carbocycles. The van der Waals surface area contributed by atoms with Gasteiger partial charge in [-0.1, -0.05) is 27.2 Å². The third-order valence-electron chi connectivity index (χ3n) is 5.09. The van der Waals surface area contributed by atoms with E-state index in [0.29, 0.717) is 23.2 Å². The lowest BCUT2D eigenvalue weighted by molar-refractivity contribution is -0.119. The summed E-state index contributed by atoms with van der Waals surface area (Å²) in [6.45, 7) is 6.50. The molecule has 3 N–H and O–H groups in total. The quantitative estimate of drug-likeness (QED) is 0.499. The molecule has 0 unspecified atom stereocenters. The van der Waals surface area contributed by atoms with Crippen molar-refractivity contribution >= 4 is 39.0 Å². The van der Waals surface area contributed by atoms with Gasteiger partial charge in [0.2, 0.25) is 5.91 Å². The molecule has 0 fully saturated rings. The van der Waals surface area contributed by atoms with Crippen LogP contribution in [0.3, 0.4) is 0 Å². The lowest BCUT2D eigenvalue weighted by Crippen LogP contribution is -2.43. The van der Waals surface area contributed by atoms with Gasteiger partial charge in [0.1, 0.15) is 10.6 Å². The van der Waals surface area contributed by atoms with Crippen LogP contribution in [0.25, 0.3) is 10.2 Å². The van der Waals surface area contributed by atoms with E-state index in [1.54, 1.807) is 11.4 Å². The Bertz CT molecular complexity index is 1290. The predicted octanol–water partition coefficient (Wildman–Crippen LogP) is 1.77. The lowest BCUT2D eigenvalue weighted by atomic mass is 10.2. The molecule has 0 saturated heterocycles. The van der Waals surface area contributed by atoms with Gasteiger partial charge in [-0.25, -0.2) is 9.78 Å². The van der Waals surface area contributed by atoms with Gasteiger partial charge in [0.05, 0.1) is 11.7 Å². The minimum atomic E-state index is -0.701. The van der Waals surface area contributed by atoms with Crippen molar-refractivity contribution in [3.8, 4) is 0 Å². The molecule has 3 aromatic heterocycles. The number of anilines is 2. The van der Waals surface area contributed by atoms with Crippen LogP contribution in [-0.2, 0) is 17.9 Å². The summed E-state index contributed by atoms with van der Waals surface area (Å²) >= 11 is 1.38. The zero-order valence-electron chi connectivity index (χ0n) is 18.5. The third kappa shape index (κ3) is 4.82. The highest BCUT2D eigenvalue weighted by Gasteiger charge is 2.25. The number of nitrogens with one attached hydrogen (secondary N) is 1. The van der Waals surface area contributed by atoms with Crippen LogP contribution in [-0.4, -0.2) is 31.6 Å². The van der Waals surface area contributed by atoms with Crippen LogP contribution in [0.5, 0.6) is 0 Å². The highest BCUT2D eigenvalue weighted by Crippen LogP contribution is 2.20. The zero-order chi connectivity index (χ0) is 23.4. The maximum atomic E-state index is 13.2. The van der Waals surface area contributed by atoms with E-state index in [1.807, 2.05) is 20.8 Å². The third-order valence-corrected chi connectivity index (χ3v) is 5.91. The van der Waals surface area contributed by atoms with Gasteiger partial charge in [-0.15, -0.1) is 11.3 Å². The molecule has 0 aliphatic heterocycles. The van der Waals surface area contributed by atoms with Crippen LogP contribution >= 0.6 is 11.3 Å². The number of rotatable bonds is 9. The number of unbranched alkanes of at least 4 members (excludes halogenated alkanes) is 1. The van der Waals surface area contributed by atoms with Gasteiger partial charge in [0.15, 0.2) is 5.69 Å². The van der Waals surface area contributed by atoms with Gasteiger partial charge < -0.3 is 10.6 Å². The van der Waals surface area contributed by atoms with Crippen LogP contribution in [0, 0.1) is 5.92 Å². The maximum absolute atomic E-state index is 13.2. The second kappa shape index (κ2) is 9.94. The minimum Gasteiger partial charge on any atom is -0.383 e. The van der Waals surface area contributed by atoms with Crippen molar-refractivity contribution in [2.45, 2.75) is 53.1 Å². The number of amides is 1. The van der Waals surface area contributed by atoms with Crippen molar-refractivity contribution in [1.82, 2.24) is 19.1 Å². The Morgan fingerprint density at radius 1 is 1.28 bits per heavy atom. The Balaban J connectivity index is 1.93. The number of nitrogens with zero attached hydrogens (tertiary/aromatic N) is 4. The number of nitrogens with two attached hydrogens (primary N) is 1. The summed E-state index contributed by atoms with van der Waals surface area (Å²) in [6, 6.07) is 1.71. The molecule has 3 aromatic rings. The molecule has 0 aliphatic rings. The van der Waals surface area contributed by atoms with Crippen molar-refractivity contribution in [2.24, 2.45) is 5.92 Å². The number of hydrogen-bond donors (Lipinski definition) is 2. The standard InChI is InChI=1S/C21H28N6O4S/c1-4-5-8-26-17(22)16(18(29)24-21(26)31)27(11-13(2)3)15(28)6-9-25-12-23-19-14(20(25)30)7-10-32-19/h7,10,12-13H,4-6,8-9,11,22H2,1-3H3,(H,24,29,31). The number of aryl methyl sites for hydroxylation is 1. The average molecular weight is 461 g/mol. The summed E-state index contributed by atoms with van der Waals surface area (Å²) < 4.78 is 2.68. The highest BCUT2D eigenvalue weighted by atomic mass is 32.1. The average Bonchev–Trinajstić information content (AvgIpc) is 3.21. The summed E-state index contributed by atoms with van der Waals surface area (Å²) in [5.41, 5.74) is 4.66. The van der Waals surface area contributed by atoms with E-state index < -0.39 is 11.2 Å². The number of nitrogen functional groups attached to an aromatic ring is 1. The van der Waals surface area contributed by atoms with Crippen molar-refractivity contribution in [3.05, 3.63) is 49.0 Å². The first-order chi connectivity index (χ1) is 15.2. The number of aromatic amines is 1. The molecule has 0 spiro atoms. The molecule has 3 heterocycles. The molecular weight excluding hydrogens is 432 g/mol. The molecule has 10 nitrogen and oxygen atoms in total. The number of carbonyl (C=O) groups excluding carboxylic acids is 1. The van der Waals surface area contributed by atoms with Gasteiger partial charge in [0.25, 0.3) is 11.1 Å². The minimum absolute atomic E-state index is 0.0280. The molecular formula is C21H28N6O4S. The fourth-order valence-electron chi connectivity index (χ4n) is 3.46. The van der Waals surface area contributed by atoms with Crippen molar-refractivity contribution in [3.63, 3.8) is 0 Å². The Labute approximate surface area is 188 Å². The van der Waals surface area contributed by atoms with E-state index >= 15 is 0 Å². The monoisotopic (exact) mass is 460 g/mol. The van der Waals surface area contributed by atoms with Crippen LogP contribution < -0.4 is 27.4 Å². The fraction of sp³-hybridized carbons (Fsp3) is 0.476. The molecule has 0 aliphatic carbocycles. The van der Waals surface area contributed by atoms with Gasteiger partial charge >= 0.3 is 5.69 Å². The number of thiophene rings is 1. The second-order valence-corrected chi connectivity index (χ2v) is 8.92. The van der Waals surface area contributed by atoms with E-state index in [4.69, 9.17) is 5.73 Å². The van der Waals surface area contributed by atoms with Gasteiger partial charge in [-0.3, -0.25) is 28.5 Å². The first kappa shape index (κ1) is 23.5. The van der Waals surface area contributed by atoms with Gasteiger partial charge in [-0.05, 0) is 23.8 Å². The molecule has 0 atom stereocenters. The Hall–Kier alpha value is -3.21. The summed E-state index contributed by atoms with van der Waals surface area (Å²) in [6.07, 6.45) is 2.94. The van der Waals surface area contributed by atoms with E-state index in [0.717, 1.165) is 6.42 Å². The normalized spacial score (nSPS) is 11.4. The first-order valence-corrected chi connectivity index (χ1v) is 11.5. The van der Waals surface area contributed by atoms with E-state index in [1.165, 1.54) is 31.7 Å². The van der Waals surface area contributed by atoms with Gasteiger partial charge in [-0.2, -0.15) is 0 Å². The largest absolute Gasteiger partial charge is 0.383 e. The van der Waals surface area contributed by atoms with Crippen LogP contribution in [0.15, 0.2) is 32.2 Å². The zero-order valence-corrected chi connectivity index (χ0v) is 19.3. The SMILES string of the molecule is CCCCn1c(N)c(N(CC(C)C)C(=O)CCn2cnc3sccc3c2=O)c(=O)[nH]c1=O. The fourth-order valence-corrected chi connectivity index (χ4v) is 4.19. The van der Waals surface area contributed by atoms with Crippen molar-refractivity contribution < 1.29 is 4.79 Å². The lowest BCUT2D eigenvalue weighted by Gasteiger charge is -2.26. The topological polar surface area (TPSA) is 136 Å². The number of fused-ring (bicyclic) bond motifs is 1. The van der Waals surface area contributed by atoms with Crippen LogP contribution in [0.1, 0.15) is 40.0 Å². The molecule has 0 radical (unpaired) electrons. The first-order valence-electron chi connectivity index (χ1n) is 10.6. The summed E-state index contributed by atoms with van der Waals surface area (Å²) in [4.78, 5) is 59.2. The van der Waals surface area contributed by atoms with Crippen molar-refractivity contribution in [1.29, 1.82) is 0 Å². The van der Waals surface area contributed by atoms with Crippen LogP contribution in [0.2, 0.25) is 0 Å². The number of aromatic nitrogens is 4. The molecule has 0 bridgehead atoms. The Morgan fingerprint density at radius 3 is 2.72 bits per heavy atom. The number of hydrogen-bond acceptors (Lipinski definition) is 7. The van der Waals surface area contributed by atoms with Crippen molar-refractivity contribution in [2.75, 3.05) is 17.2 Å². The van der Waals surface area contributed by atoms with Crippen LogP contribution in [0.4, 0.5) is 11.5 Å². The second-order valence-electron chi connectivity index (χ2n) is 8.03. The molecule has 11 heteroatoms. The Morgan fingerprint density at radius 2 is 2.03 bits per heavy atom. The Kier molecular flexibility index (Phi) is 7.29. The van der Waals surface area contributed by atoms with E-state index in [2.05, 4.69) is 9.97 Å². The maximum Gasteiger partial charge on any atom is 0.330 e. The molecule has 1 amide bonds. The smallest absolute Gasteiger partial charge is 0.330 e. The number of carbonyl (C=O) groups is 1. The predicted molar refractivity (Wildman–Crippen MR) is 126 cm³/mol. The summed E-state index contributed by atoms with van der Waals surface area (Å²) in [5, 5.41) is 2.30. The van der Waals surface area contributed by atoms with Gasteiger partial charge in [0, 0.05) is 26.1 Å². The highest BCUT2D eigenvalue weighted by molar-refractivity contribution is 7.16. The molecule has 0 aromatic carbocycles.